The molecule has 29 heavy (non-hydrogen) atoms. The van der Waals surface area contributed by atoms with Gasteiger partial charge in [0.15, 0.2) is 0 Å². The van der Waals surface area contributed by atoms with E-state index in [0.29, 0.717) is 18.8 Å². The molecule has 0 saturated carbocycles. The molecule has 0 radical (unpaired) electrons. The number of rotatable bonds is 7. The van der Waals surface area contributed by atoms with E-state index in [1.165, 1.54) is 12.1 Å². The number of carbonyl (C=O) groups excluding carboxylic acids is 2. The highest BCUT2D eigenvalue weighted by Gasteiger charge is 2.22. The van der Waals surface area contributed by atoms with Gasteiger partial charge in [-0.1, -0.05) is 30.3 Å². The van der Waals surface area contributed by atoms with Crippen molar-refractivity contribution >= 4 is 17.5 Å². The summed E-state index contributed by atoms with van der Waals surface area (Å²) >= 11 is 0. The first kappa shape index (κ1) is 21.0. The number of piperazine rings is 1. The Morgan fingerprint density at radius 2 is 1.52 bits per heavy atom. The minimum absolute atomic E-state index is 0.0938. The van der Waals surface area contributed by atoms with Crippen molar-refractivity contribution < 1.29 is 14.0 Å². The molecule has 1 aliphatic heterocycles. The molecule has 154 valence electrons. The van der Waals surface area contributed by atoms with E-state index in [9.17, 15) is 14.0 Å². The van der Waals surface area contributed by atoms with Gasteiger partial charge in [-0.05, 0) is 29.8 Å². The number of hydrogen-bond acceptors (Lipinski definition) is 4. The number of nitrogens with one attached hydrogen (secondary N) is 1. The van der Waals surface area contributed by atoms with Crippen LogP contribution in [0.2, 0.25) is 0 Å². The standard InChI is InChI=1S/C22H27FN4O2/c1-25(15-18-5-3-2-4-6-18)22(29)17-27-13-11-26(12-14-27)16-21(28)24-20-9-7-19(23)8-10-20/h2-10H,11-17H2,1H3,(H,24,28). The first-order valence-electron chi connectivity index (χ1n) is 9.77. The lowest BCUT2D eigenvalue weighted by Gasteiger charge is -2.34. The minimum atomic E-state index is -0.330. The smallest absolute Gasteiger partial charge is 0.238 e. The van der Waals surface area contributed by atoms with E-state index in [1.807, 2.05) is 37.4 Å². The lowest BCUT2D eigenvalue weighted by atomic mass is 10.2. The molecule has 2 aromatic carbocycles. The van der Waals surface area contributed by atoms with E-state index in [1.54, 1.807) is 17.0 Å². The molecule has 0 aliphatic carbocycles. The highest BCUT2D eigenvalue weighted by atomic mass is 19.1. The largest absolute Gasteiger partial charge is 0.340 e. The molecule has 1 N–H and O–H groups in total. The molecule has 1 fully saturated rings. The third-order valence-corrected chi connectivity index (χ3v) is 5.01. The summed E-state index contributed by atoms with van der Waals surface area (Å²) < 4.78 is 12.9. The zero-order valence-corrected chi connectivity index (χ0v) is 16.7. The number of amides is 2. The molecular weight excluding hydrogens is 371 g/mol. The fourth-order valence-electron chi connectivity index (χ4n) is 3.30. The SMILES string of the molecule is CN(Cc1ccccc1)C(=O)CN1CCN(CC(=O)Nc2ccc(F)cc2)CC1. The fourth-order valence-corrected chi connectivity index (χ4v) is 3.30. The van der Waals surface area contributed by atoms with Crippen molar-refractivity contribution in [3.05, 3.63) is 66.0 Å². The highest BCUT2D eigenvalue weighted by Crippen LogP contribution is 2.09. The molecule has 0 spiro atoms. The van der Waals surface area contributed by atoms with Crippen LogP contribution in [0.1, 0.15) is 5.56 Å². The predicted octanol–water partition coefficient (Wildman–Crippen LogP) is 2.04. The Kier molecular flexibility index (Phi) is 7.32. The quantitative estimate of drug-likeness (QED) is 0.776. The number of anilines is 1. The summed E-state index contributed by atoms with van der Waals surface area (Å²) in [4.78, 5) is 30.6. The molecule has 1 heterocycles. The molecule has 6 nitrogen and oxygen atoms in total. The number of halogens is 1. The third kappa shape index (κ3) is 6.66. The van der Waals surface area contributed by atoms with Crippen LogP contribution in [0.5, 0.6) is 0 Å². The van der Waals surface area contributed by atoms with Crippen LogP contribution >= 0.6 is 0 Å². The maximum atomic E-state index is 12.9. The van der Waals surface area contributed by atoms with Crippen molar-refractivity contribution in [3.63, 3.8) is 0 Å². The summed E-state index contributed by atoms with van der Waals surface area (Å²) in [6.45, 7) is 4.22. The van der Waals surface area contributed by atoms with E-state index >= 15 is 0 Å². The van der Waals surface area contributed by atoms with Gasteiger partial charge in [0.2, 0.25) is 11.8 Å². The fraction of sp³-hybridized carbons (Fsp3) is 0.364. The molecular formula is C22H27FN4O2. The van der Waals surface area contributed by atoms with Gasteiger partial charge in [0, 0.05) is 45.5 Å². The summed E-state index contributed by atoms with van der Waals surface area (Å²) in [7, 11) is 1.82. The Labute approximate surface area is 170 Å². The molecule has 0 unspecified atom stereocenters. The minimum Gasteiger partial charge on any atom is -0.340 e. The second-order valence-corrected chi connectivity index (χ2v) is 7.34. The van der Waals surface area contributed by atoms with Crippen molar-refractivity contribution in [1.82, 2.24) is 14.7 Å². The summed E-state index contributed by atoms with van der Waals surface area (Å²) in [5, 5.41) is 2.78. The molecule has 1 saturated heterocycles. The van der Waals surface area contributed by atoms with E-state index in [4.69, 9.17) is 0 Å². The van der Waals surface area contributed by atoms with E-state index < -0.39 is 0 Å². The van der Waals surface area contributed by atoms with Crippen molar-refractivity contribution in [2.75, 3.05) is 51.6 Å². The Hall–Kier alpha value is -2.77. The number of carbonyl (C=O) groups is 2. The van der Waals surface area contributed by atoms with Gasteiger partial charge in [0.1, 0.15) is 5.82 Å². The van der Waals surface area contributed by atoms with Gasteiger partial charge in [0.05, 0.1) is 13.1 Å². The van der Waals surface area contributed by atoms with Gasteiger partial charge in [-0.25, -0.2) is 4.39 Å². The van der Waals surface area contributed by atoms with Gasteiger partial charge >= 0.3 is 0 Å². The van der Waals surface area contributed by atoms with Crippen LogP contribution in [0, 0.1) is 5.82 Å². The van der Waals surface area contributed by atoms with Crippen molar-refractivity contribution in [2.45, 2.75) is 6.54 Å². The van der Waals surface area contributed by atoms with Gasteiger partial charge in [0.25, 0.3) is 0 Å². The van der Waals surface area contributed by atoms with E-state index in [-0.39, 0.29) is 24.2 Å². The molecule has 2 aromatic rings. The van der Waals surface area contributed by atoms with Gasteiger partial charge in [-0.15, -0.1) is 0 Å². The second kappa shape index (κ2) is 10.1. The Balaban J connectivity index is 1.37. The van der Waals surface area contributed by atoms with Crippen LogP contribution in [0.25, 0.3) is 0 Å². The zero-order valence-electron chi connectivity index (χ0n) is 16.7. The average Bonchev–Trinajstić information content (AvgIpc) is 2.72. The van der Waals surface area contributed by atoms with Crippen LogP contribution in [0.4, 0.5) is 10.1 Å². The Morgan fingerprint density at radius 1 is 0.931 bits per heavy atom. The number of nitrogens with zero attached hydrogens (tertiary/aromatic N) is 3. The number of likely N-dealkylation sites (N-methyl/N-ethyl adjacent to an activating group) is 1. The van der Waals surface area contributed by atoms with Crippen LogP contribution in [-0.2, 0) is 16.1 Å². The van der Waals surface area contributed by atoms with E-state index in [2.05, 4.69) is 15.1 Å². The van der Waals surface area contributed by atoms with Gasteiger partial charge < -0.3 is 10.2 Å². The lowest BCUT2D eigenvalue weighted by Crippen LogP contribution is -2.51. The molecule has 7 heteroatoms. The number of benzene rings is 2. The van der Waals surface area contributed by atoms with E-state index in [0.717, 1.165) is 31.7 Å². The van der Waals surface area contributed by atoms with Crippen molar-refractivity contribution in [3.8, 4) is 0 Å². The summed E-state index contributed by atoms with van der Waals surface area (Å²) in [6.07, 6.45) is 0. The topological polar surface area (TPSA) is 55.9 Å². The first-order valence-corrected chi connectivity index (χ1v) is 9.77. The van der Waals surface area contributed by atoms with Crippen molar-refractivity contribution in [1.29, 1.82) is 0 Å². The maximum absolute atomic E-state index is 12.9. The van der Waals surface area contributed by atoms with Crippen molar-refractivity contribution in [2.24, 2.45) is 0 Å². The number of hydrogen-bond donors (Lipinski definition) is 1. The molecule has 0 aromatic heterocycles. The summed E-state index contributed by atoms with van der Waals surface area (Å²) in [6, 6.07) is 15.7. The summed E-state index contributed by atoms with van der Waals surface area (Å²) in [5.74, 6) is -0.358. The zero-order chi connectivity index (χ0) is 20.6. The van der Waals surface area contributed by atoms with Gasteiger partial charge in [-0.2, -0.15) is 0 Å². The monoisotopic (exact) mass is 398 g/mol. The van der Waals surface area contributed by atoms with Crippen LogP contribution in [-0.4, -0.2) is 72.8 Å². The third-order valence-electron chi connectivity index (χ3n) is 5.01. The maximum Gasteiger partial charge on any atom is 0.238 e. The molecule has 3 rings (SSSR count). The predicted molar refractivity (Wildman–Crippen MR) is 111 cm³/mol. The molecule has 0 bridgehead atoms. The lowest BCUT2D eigenvalue weighted by molar-refractivity contribution is -0.132. The first-order chi connectivity index (χ1) is 14.0. The second-order valence-electron chi connectivity index (χ2n) is 7.34. The van der Waals surface area contributed by atoms with Crippen LogP contribution < -0.4 is 5.32 Å². The molecule has 0 atom stereocenters. The molecule has 2 amide bonds. The average molecular weight is 398 g/mol. The highest BCUT2D eigenvalue weighted by molar-refractivity contribution is 5.92. The molecule has 1 aliphatic rings. The van der Waals surface area contributed by atoms with Crippen LogP contribution in [0.15, 0.2) is 54.6 Å². The van der Waals surface area contributed by atoms with Crippen LogP contribution in [0.3, 0.4) is 0 Å². The summed E-state index contributed by atoms with van der Waals surface area (Å²) in [5.41, 5.74) is 1.70. The Morgan fingerprint density at radius 3 is 2.14 bits per heavy atom. The van der Waals surface area contributed by atoms with Gasteiger partial charge in [-0.3, -0.25) is 19.4 Å². The Bertz CT molecular complexity index is 805. The normalized spacial score (nSPS) is 15.1.